The number of nitrogens with zero attached hydrogens (tertiary/aromatic N) is 1. The fourth-order valence-corrected chi connectivity index (χ4v) is 4.49. The first-order chi connectivity index (χ1) is 12.8. The number of hydrogen-bond acceptors (Lipinski definition) is 0. The Bertz CT molecular complexity index is 1340. The third kappa shape index (κ3) is 1.65. The zero-order valence-electron chi connectivity index (χ0n) is 14.5. The summed E-state index contributed by atoms with van der Waals surface area (Å²) in [6.45, 7) is 2.17. The van der Waals surface area contributed by atoms with E-state index in [1.807, 2.05) is 0 Å². The van der Waals surface area contributed by atoms with Crippen molar-refractivity contribution in [1.29, 1.82) is 0 Å². The lowest BCUT2D eigenvalue weighted by atomic mass is 9.94. The van der Waals surface area contributed by atoms with Crippen LogP contribution >= 0.6 is 0 Å². The summed E-state index contributed by atoms with van der Waals surface area (Å²) >= 11 is 0. The Morgan fingerprint density at radius 3 is 2.12 bits per heavy atom. The van der Waals surface area contributed by atoms with Gasteiger partial charge >= 0.3 is 0 Å². The Morgan fingerprint density at radius 2 is 1.27 bits per heavy atom. The maximum atomic E-state index is 2.46. The molecule has 6 rings (SSSR count). The van der Waals surface area contributed by atoms with Crippen LogP contribution in [-0.4, -0.2) is 4.57 Å². The predicted molar refractivity (Wildman–Crippen MR) is 110 cm³/mol. The van der Waals surface area contributed by atoms with E-state index < -0.39 is 0 Å². The third-order valence-corrected chi connectivity index (χ3v) is 5.60. The van der Waals surface area contributed by atoms with Crippen molar-refractivity contribution in [3.63, 3.8) is 0 Å². The van der Waals surface area contributed by atoms with Crippen molar-refractivity contribution in [1.82, 2.24) is 4.57 Å². The molecule has 0 saturated carbocycles. The summed E-state index contributed by atoms with van der Waals surface area (Å²) in [6.07, 6.45) is 0. The average molecular weight is 331 g/mol. The van der Waals surface area contributed by atoms with Gasteiger partial charge in [0, 0.05) is 21.9 Å². The van der Waals surface area contributed by atoms with Crippen molar-refractivity contribution in [2.45, 2.75) is 6.92 Å². The van der Waals surface area contributed by atoms with Gasteiger partial charge in [-0.05, 0) is 35.7 Å². The van der Waals surface area contributed by atoms with Gasteiger partial charge in [0.1, 0.15) is 0 Å². The molecule has 1 aliphatic rings. The second-order valence-corrected chi connectivity index (χ2v) is 7.12. The van der Waals surface area contributed by atoms with Crippen LogP contribution in [0.3, 0.4) is 0 Å². The van der Waals surface area contributed by atoms with Gasteiger partial charge in [-0.15, -0.1) is 0 Å². The molecular weight excluding hydrogens is 314 g/mol. The molecule has 122 valence electrons. The van der Waals surface area contributed by atoms with Gasteiger partial charge in [0.2, 0.25) is 0 Å². The van der Waals surface area contributed by atoms with E-state index in [0.29, 0.717) is 0 Å². The second kappa shape index (κ2) is 4.86. The Hall–Kier alpha value is -3.32. The molecule has 1 nitrogen and oxygen atoms in total. The van der Waals surface area contributed by atoms with Crippen LogP contribution in [0.4, 0.5) is 0 Å². The number of fused-ring (bicyclic) bond motifs is 8. The number of aromatic nitrogens is 1. The number of para-hydroxylation sites is 2. The van der Waals surface area contributed by atoms with Crippen LogP contribution in [-0.2, 0) is 0 Å². The van der Waals surface area contributed by atoms with Gasteiger partial charge in [-0.1, -0.05) is 72.8 Å². The molecule has 5 aromatic rings. The van der Waals surface area contributed by atoms with Crippen molar-refractivity contribution >= 4 is 21.8 Å². The highest BCUT2D eigenvalue weighted by molar-refractivity contribution is 6.16. The Kier molecular flexibility index (Phi) is 2.60. The van der Waals surface area contributed by atoms with Crippen LogP contribution in [0.25, 0.3) is 49.7 Å². The first kappa shape index (κ1) is 13.9. The molecule has 0 atom stereocenters. The highest BCUT2D eigenvalue weighted by Crippen LogP contribution is 2.46. The van der Waals surface area contributed by atoms with Gasteiger partial charge in [-0.2, -0.15) is 0 Å². The van der Waals surface area contributed by atoms with Gasteiger partial charge in [0.05, 0.1) is 16.7 Å². The van der Waals surface area contributed by atoms with Crippen LogP contribution in [0, 0.1) is 6.92 Å². The minimum atomic E-state index is 1.26. The normalized spacial score (nSPS) is 12.0. The highest BCUT2D eigenvalue weighted by Gasteiger charge is 2.23. The summed E-state index contributed by atoms with van der Waals surface area (Å²) in [4.78, 5) is 0. The lowest BCUT2D eigenvalue weighted by molar-refractivity contribution is 1.19. The summed E-state index contributed by atoms with van der Waals surface area (Å²) in [5.74, 6) is 0. The molecular formula is C25H17N. The van der Waals surface area contributed by atoms with E-state index in [2.05, 4.69) is 96.4 Å². The van der Waals surface area contributed by atoms with E-state index in [1.54, 1.807) is 0 Å². The van der Waals surface area contributed by atoms with E-state index in [-0.39, 0.29) is 0 Å². The van der Waals surface area contributed by atoms with Crippen molar-refractivity contribution in [2.24, 2.45) is 0 Å². The van der Waals surface area contributed by atoms with Crippen LogP contribution in [0.5, 0.6) is 0 Å². The monoisotopic (exact) mass is 331 g/mol. The predicted octanol–water partition coefficient (Wildman–Crippen LogP) is 6.74. The van der Waals surface area contributed by atoms with Crippen LogP contribution in [0.15, 0.2) is 84.9 Å². The Balaban J connectivity index is 1.97. The average Bonchev–Trinajstić information content (AvgIpc) is 2.94. The minimum absolute atomic E-state index is 1.26. The standard InChI is InChI=1S/C25H17N/c1-16-13-14-20-22-11-6-10-21-18-8-3-2-7-17(18)19-9-4-5-12-23(19)26(25(21)22)24(20)15-16/h2-15H,1H3. The summed E-state index contributed by atoms with van der Waals surface area (Å²) in [5, 5.41) is 2.64. The molecule has 1 heteroatoms. The maximum Gasteiger partial charge on any atom is 0.0619 e. The fourth-order valence-electron chi connectivity index (χ4n) is 4.49. The maximum absolute atomic E-state index is 2.46. The molecule has 0 fully saturated rings. The first-order valence-corrected chi connectivity index (χ1v) is 9.06. The van der Waals surface area contributed by atoms with E-state index in [9.17, 15) is 0 Å². The third-order valence-electron chi connectivity index (χ3n) is 5.60. The first-order valence-electron chi connectivity index (χ1n) is 9.06. The fraction of sp³-hybridized carbons (Fsp3) is 0.0400. The van der Waals surface area contributed by atoms with Gasteiger partial charge in [0.25, 0.3) is 0 Å². The van der Waals surface area contributed by atoms with Crippen LogP contribution in [0.1, 0.15) is 5.56 Å². The van der Waals surface area contributed by atoms with Crippen molar-refractivity contribution in [3.05, 3.63) is 90.5 Å². The molecule has 0 radical (unpaired) electrons. The number of rotatable bonds is 0. The van der Waals surface area contributed by atoms with Crippen molar-refractivity contribution in [3.8, 4) is 27.9 Å². The highest BCUT2D eigenvalue weighted by atomic mass is 15.0. The lowest BCUT2D eigenvalue weighted by Gasteiger charge is -2.12. The van der Waals surface area contributed by atoms with Crippen molar-refractivity contribution < 1.29 is 0 Å². The molecule has 1 aromatic heterocycles. The topological polar surface area (TPSA) is 4.93 Å². The van der Waals surface area contributed by atoms with E-state index in [4.69, 9.17) is 0 Å². The van der Waals surface area contributed by atoms with E-state index in [0.717, 1.165) is 0 Å². The molecule has 26 heavy (non-hydrogen) atoms. The van der Waals surface area contributed by atoms with Gasteiger partial charge in [0.15, 0.2) is 0 Å². The molecule has 0 bridgehead atoms. The quantitative estimate of drug-likeness (QED) is 0.290. The van der Waals surface area contributed by atoms with Gasteiger partial charge < -0.3 is 4.57 Å². The summed E-state index contributed by atoms with van der Waals surface area (Å²) in [6, 6.07) is 31.0. The second-order valence-electron chi connectivity index (χ2n) is 7.12. The summed E-state index contributed by atoms with van der Waals surface area (Å²) in [7, 11) is 0. The Morgan fingerprint density at radius 1 is 0.577 bits per heavy atom. The smallest absolute Gasteiger partial charge is 0.0619 e. The number of aryl methyl sites for hydroxylation is 1. The molecule has 0 aliphatic carbocycles. The summed E-state index contributed by atoms with van der Waals surface area (Å²) < 4.78 is 2.46. The van der Waals surface area contributed by atoms with E-state index in [1.165, 1.54) is 55.3 Å². The van der Waals surface area contributed by atoms with Crippen LogP contribution < -0.4 is 0 Å². The van der Waals surface area contributed by atoms with Gasteiger partial charge in [-0.25, -0.2) is 0 Å². The zero-order chi connectivity index (χ0) is 17.3. The Labute approximate surface area is 152 Å². The number of hydrogen-bond donors (Lipinski definition) is 0. The lowest BCUT2D eigenvalue weighted by Crippen LogP contribution is -1.95. The molecule has 0 spiro atoms. The molecule has 0 saturated heterocycles. The molecule has 0 N–H and O–H groups in total. The molecule has 0 amide bonds. The molecule has 1 aliphatic heterocycles. The zero-order valence-corrected chi connectivity index (χ0v) is 14.5. The van der Waals surface area contributed by atoms with E-state index >= 15 is 0 Å². The minimum Gasteiger partial charge on any atom is -0.308 e. The molecule has 4 aromatic carbocycles. The number of benzene rings is 4. The van der Waals surface area contributed by atoms with Crippen LogP contribution in [0.2, 0.25) is 0 Å². The van der Waals surface area contributed by atoms with Gasteiger partial charge in [-0.3, -0.25) is 0 Å². The SMILES string of the molecule is Cc1ccc2c3cccc4c3n(c2c1)-c1ccccc1-c1ccccc1-4. The van der Waals surface area contributed by atoms with Crippen molar-refractivity contribution in [2.75, 3.05) is 0 Å². The summed E-state index contributed by atoms with van der Waals surface area (Å²) in [5.41, 5.74) is 10.4. The molecule has 0 unspecified atom stereocenters. The molecule has 2 heterocycles. The largest absolute Gasteiger partial charge is 0.308 e.